The van der Waals surface area contributed by atoms with Crippen LogP contribution in [-0.2, 0) is 9.53 Å². The highest BCUT2D eigenvalue weighted by atomic mass is 79.9. The van der Waals surface area contributed by atoms with Crippen molar-refractivity contribution in [3.05, 3.63) is 100 Å². The van der Waals surface area contributed by atoms with Crippen LogP contribution in [0.5, 0.6) is 11.5 Å². The van der Waals surface area contributed by atoms with E-state index in [1.165, 1.54) is 0 Å². The number of aliphatic imine (C=N–C) groups is 1. The molecule has 0 aromatic heterocycles. The summed E-state index contributed by atoms with van der Waals surface area (Å²) in [6.45, 7) is 0.754. The van der Waals surface area contributed by atoms with Gasteiger partial charge in [0.2, 0.25) is 5.90 Å². The molecule has 1 aliphatic heterocycles. The average molecular weight is 464 g/mol. The highest BCUT2D eigenvalue weighted by molar-refractivity contribution is 9.10. The number of cyclic esters (lactones) is 1. The smallest absolute Gasteiger partial charge is 0.363 e. The van der Waals surface area contributed by atoms with Crippen LogP contribution in [0.15, 0.2) is 94.0 Å². The van der Waals surface area contributed by atoms with Crippen molar-refractivity contribution in [1.82, 2.24) is 0 Å². The third kappa shape index (κ3) is 4.96. The molecule has 5 nitrogen and oxygen atoms in total. The van der Waals surface area contributed by atoms with Crippen molar-refractivity contribution in [3.8, 4) is 11.5 Å². The maximum Gasteiger partial charge on any atom is 0.363 e. The number of nitrogens with zero attached hydrogens (tertiary/aromatic N) is 1. The Morgan fingerprint density at radius 1 is 0.900 bits per heavy atom. The number of benzene rings is 3. The fraction of sp³-hybridized carbons (Fsp3) is 0.0833. The van der Waals surface area contributed by atoms with Crippen LogP contribution in [0.4, 0.5) is 0 Å². The van der Waals surface area contributed by atoms with Gasteiger partial charge >= 0.3 is 5.97 Å². The first-order valence-electron chi connectivity index (χ1n) is 9.37. The Kier molecular flexibility index (Phi) is 6.25. The number of hydrogen-bond donors (Lipinski definition) is 0. The van der Waals surface area contributed by atoms with Crippen LogP contribution < -0.4 is 9.47 Å². The Morgan fingerprint density at radius 3 is 2.37 bits per heavy atom. The Labute approximate surface area is 182 Å². The number of esters is 1. The highest BCUT2D eigenvalue weighted by Gasteiger charge is 2.24. The van der Waals surface area contributed by atoms with E-state index in [0.717, 1.165) is 15.8 Å². The molecule has 1 aliphatic rings. The molecular weight excluding hydrogens is 446 g/mol. The lowest BCUT2D eigenvalue weighted by Crippen LogP contribution is -2.09. The minimum absolute atomic E-state index is 0.220. The molecule has 0 N–H and O–H groups in total. The van der Waals surface area contributed by atoms with Gasteiger partial charge in [-0.2, -0.15) is 0 Å². The molecule has 30 heavy (non-hydrogen) atoms. The minimum Gasteiger partial charge on any atom is -0.490 e. The Morgan fingerprint density at radius 2 is 1.60 bits per heavy atom. The van der Waals surface area contributed by atoms with Gasteiger partial charge in [-0.1, -0.05) is 52.3 Å². The van der Waals surface area contributed by atoms with Crippen LogP contribution in [-0.4, -0.2) is 25.1 Å². The second-order valence-corrected chi connectivity index (χ2v) is 7.31. The van der Waals surface area contributed by atoms with Crippen LogP contribution in [0.3, 0.4) is 0 Å². The molecule has 0 saturated heterocycles. The normalized spacial score (nSPS) is 14.4. The first-order chi connectivity index (χ1) is 14.7. The summed E-state index contributed by atoms with van der Waals surface area (Å²) in [4.78, 5) is 16.7. The predicted octanol–water partition coefficient (Wildman–Crippen LogP) is 5.25. The molecular formula is C24H18BrNO4. The number of ether oxygens (including phenoxy) is 3. The van der Waals surface area contributed by atoms with Crippen molar-refractivity contribution in [3.63, 3.8) is 0 Å². The SMILES string of the molecule is O=C1OC(c2ccccc2)=N/C1=C/c1cc(Br)ccc1OCCOc1ccccc1. The molecule has 3 aromatic rings. The number of halogens is 1. The zero-order chi connectivity index (χ0) is 20.8. The van der Waals surface area contributed by atoms with Crippen LogP contribution in [0, 0.1) is 0 Å². The highest BCUT2D eigenvalue weighted by Crippen LogP contribution is 2.28. The summed E-state index contributed by atoms with van der Waals surface area (Å²) in [5.41, 5.74) is 1.68. The van der Waals surface area contributed by atoms with Crippen LogP contribution in [0.25, 0.3) is 6.08 Å². The maximum absolute atomic E-state index is 12.3. The zero-order valence-corrected chi connectivity index (χ0v) is 17.5. The molecule has 3 aromatic carbocycles. The fourth-order valence-electron chi connectivity index (χ4n) is 2.85. The van der Waals surface area contributed by atoms with Crippen molar-refractivity contribution in [2.75, 3.05) is 13.2 Å². The summed E-state index contributed by atoms with van der Waals surface area (Å²) in [5, 5.41) is 0. The third-order valence-electron chi connectivity index (χ3n) is 4.26. The molecule has 0 unspecified atom stereocenters. The number of carbonyl (C=O) groups excluding carboxylic acids is 1. The summed E-state index contributed by atoms with van der Waals surface area (Å²) in [6, 6.07) is 24.4. The van der Waals surface area contributed by atoms with Gasteiger partial charge in [0.25, 0.3) is 0 Å². The first kappa shape index (κ1) is 19.9. The molecule has 4 rings (SSSR count). The summed E-state index contributed by atoms with van der Waals surface area (Å²) < 4.78 is 17.7. The van der Waals surface area contributed by atoms with E-state index in [2.05, 4.69) is 20.9 Å². The quantitative estimate of drug-likeness (QED) is 0.272. The van der Waals surface area contributed by atoms with E-state index < -0.39 is 5.97 Å². The van der Waals surface area contributed by atoms with Crippen molar-refractivity contribution >= 4 is 33.9 Å². The molecule has 6 heteroatoms. The van der Waals surface area contributed by atoms with Gasteiger partial charge < -0.3 is 14.2 Å². The van der Waals surface area contributed by atoms with Crippen molar-refractivity contribution in [2.24, 2.45) is 4.99 Å². The molecule has 0 spiro atoms. The van der Waals surface area contributed by atoms with Gasteiger partial charge in [0.15, 0.2) is 5.70 Å². The van der Waals surface area contributed by atoms with Crippen molar-refractivity contribution < 1.29 is 19.0 Å². The Balaban J connectivity index is 1.49. The standard InChI is InChI=1S/C24H18BrNO4/c25-19-11-12-22(29-14-13-28-20-9-5-2-6-10-20)18(15-19)16-21-24(27)30-23(26-21)17-7-3-1-4-8-17/h1-12,15-16H,13-14H2/b21-16+. The van der Waals surface area contributed by atoms with E-state index in [-0.39, 0.29) is 5.70 Å². The monoisotopic (exact) mass is 463 g/mol. The van der Waals surface area contributed by atoms with E-state index in [1.807, 2.05) is 78.9 Å². The van der Waals surface area contributed by atoms with Gasteiger partial charge in [-0.25, -0.2) is 9.79 Å². The largest absolute Gasteiger partial charge is 0.490 e. The van der Waals surface area contributed by atoms with Gasteiger partial charge in [0, 0.05) is 15.6 Å². The molecule has 0 saturated carbocycles. The topological polar surface area (TPSA) is 57.1 Å². The number of para-hydroxylation sites is 1. The van der Waals surface area contributed by atoms with Crippen LogP contribution >= 0.6 is 15.9 Å². The lowest BCUT2D eigenvalue weighted by atomic mass is 10.1. The second kappa shape index (κ2) is 9.41. The van der Waals surface area contributed by atoms with E-state index in [1.54, 1.807) is 6.08 Å². The predicted molar refractivity (Wildman–Crippen MR) is 119 cm³/mol. The number of carbonyl (C=O) groups is 1. The Bertz CT molecular complexity index is 1090. The first-order valence-corrected chi connectivity index (χ1v) is 10.2. The van der Waals surface area contributed by atoms with Crippen LogP contribution in [0.1, 0.15) is 11.1 Å². The molecule has 0 aliphatic carbocycles. The summed E-state index contributed by atoms with van der Waals surface area (Å²) in [7, 11) is 0. The summed E-state index contributed by atoms with van der Waals surface area (Å²) in [6.07, 6.45) is 1.66. The fourth-order valence-corrected chi connectivity index (χ4v) is 3.23. The number of hydrogen-bond acceptors (Lipinski definition) is 5. The van der Waals surface area contributed by atoms with Crippen molar-refractivity contribution in [2.45, 2.75) is 0 Å². The van der Waals surface area contributed by atoms with E-state index in [4.69, 9.17) is 14.2 Å². The molecule has 0 bridgehead atoms. The second-order valence-electron chi connectivity index (χ2n) is 6.39. The maximum atomic E-state index is 12.3. The van der Waals surface area contributed by atoms with E-state index >= 15 is 0 Å². The van der Waals surface area contributed by atoms with Crippen LogP contribution in [0.2, 0.25) is 0 Å². The minimum atomic E-state index is -0.493. The van der Waals surface area contributed by atoms with Gasteiger partial charge in [-0.15, -0.1) is 0 Å². The van der Waals surface area contributed by atoms with E-state index in [9.17, 15) is 4.79 Å². The van der Waals surface area contributed by atoms with Gasteiger partial charge in [-0.3, -0.25) is 0 Å². The molecule has 1 heterocycles. The number of rotatable bonds is 7. The molecule has 0 fully saturated rings. The van der Waals surface area contributed by atoms with Gasteiger partial charge in [-0.05, 0) is 48.5 Å². The average Bonchev–Trinajstić information content (AvgIpc) is 3.14. The summed E-state index contributed by atoms with van der Waals surface area (Å²) >= 11 is 3.46. The molecule has 0 atom stereocenters. The van der Waals surface area contributed by atoms with Gasteiger partial charge in [0.05, 0.1) is 0 Å². The van der Waals surface area contributed by atoms with E-state index in [0.29, 0.717) is 30.4 Å². The summed E-state index contributed by atoms with van der Waals surface area (Å²) in [5.74, 6) is 1.21. The molecule has 0 radical (unpaired) electrons. The molecule has 0 amide bonds. The third-order valence-corrected chi connectivity index (χ3v) is 4.75. The van der Waals surface area contributed by atoms with Crippen molar-refractivity contribution in [1.29, 1.82) is 0 Å². The lowest BCUT2D eigenvalue weighted by molar-refractivity contribution is -0.129. The Hall–Kier alpha value is -3.38. The zero-order valence-electron chi connectivity index (χ0n) is 16.0. The van der Waals surface area contributed by atoms with Gasteiger partial charge in [0.1, 0.15) is 24.7 Å². The molecule has 150 valence electrons. The lowest BCUT2D eigenvalue weighted by Gasteiger charge is -2.11.